The minimum atomic E-state index is 0.499. The number of guanidine groups is 1. The standard InChI is InChI=1S/C17H31N7/c1-13(2)23-10-7-14(8-11-23)20-17(18-3)19-12-16-22-21-15-6-4-5-9-24(15)16/h13-14H,4-12H2,1-3H3,(H2,18,19,20). The molecule has 2 aliphatic rings. The van der Waals surface area contributed by atoms with Gasteiger partial charge in [0.05, 0.1) is 6.54 Å². The van der Waals surface area contributed by atoms with Crippen LogP contribution < -0.4 is 10.6 Å². The van der Waals surface area contributed by atoms with Crippen LogP contribution in [0, 0.1) is 0 Å². The molecule has 0 saturated carbocycles. The zero-order chi connectivity index (χ0) is 16.9. The molecule has 3 rings (SSSR count). The molecule has 7 nitrogen and oxygen atoms in total. The minimum Gasteiger partial charge on any atom is -0.354 e. The molecule has 1 fully saturated rings. The lowest BCUT2D eigenvalue weighted by molar-refractivity contribution is 0.167. The van der Waals surface area contributed by atoms with Crippen LogP contribution in [0.3, 0.4) is 0 Å². The van der Waals surface area contributed by atoms with Crippen LogP contribution in [0.25, 0.3) is 0 Å². The summed E-state index contributed by atoms with van der Waals surface area (Å²) in [7, 11) is 1.83. The fourth-order valence-corrected chi connectivity index (χ4v) is 3.61. The summed E-state index contributed by atoms with van der Waals surface area (Å²) < 4.78 is 2.25. The number of fused-ring (bicyclic) bond motifs is 1. The monoisotopic (exact) mass is 333 g/mol. The van der Waals surface area contributed by atoms with Crippen molar-refractivity contribution in [3.63, 3.8) is 0 Å². The first-order chi connectivity index (χ1) is 11.7. The van der Waals surface area contributed by atoms with Gasteiger partial charge in [0.2, 0.25) is 0 Å². The van der Waals surface area contributed by atoms with Gasteiger partial charge in [-0.1, -0.05) is 0 Å². The third-order valence-corrected chi connectivity index (χ3v) is 5.17. The summed E-state index contributed by atoms with van der Waals surface area (Å²) in [4.78, 5) is 6.91. The van der Waals surface area contributed by atoms with Gasteiger partial charge in [-0.25, -0.2) is 0 Å². The molecule has 2 N–H and O–H groups in total. The summed E-state index contributed by atoms with van der Waals surface area (Å²) in [6.07, 6.45) is 5.83. The first-order valence-corrected chi connectivity index (χ1v) is 9.29. The average Bonchev–Trinajstić information content (AvgIpc) is 3.02. The van der Waals surface area contributed by atoms with Crippen LogP contribution in [0.1, 0.15) is 51.2 Å². The maximum absolute atomic E-state index is 4.37. The normalized spacial score (nSPS) is 20.2. The van der Waals surface area contributed by atoms with Gasteiger partial charge in [0.25, 0.3) is 0 Å². The van der Waals surface area contributed by atoms with Crippen LogP contribution in [-0.4, -0.2) is 57.8 Å². The average molecular weight is 333 g/mol. The number of aliphatic imine (C=N–C) groups is 1. The van der Waals surface area contributed by atoms with Crippen molar-refractivity contribution in [2.45, 2.75) is 71.1 Å². The molecule has 7 heteroatoms. The van der Waals surface area contributed by atoms with Crippen molar-refractivity contribution in [1.29, 1.82) is 0 Å². The Morgan fingerprint density at radius 3 is 2.71 bits per heavy atom. The second kappa shape index (κ2) is 7.96. The summed E-state index contributed by atoms with van der Waals surface area (Å²) >= 11 is 0. The third kappa shape index (κ3) is 4.06. The summed E-state index contributed by atoms with van der Waals surface area (Å²) in [6, 6.07) is 1.14. The smallest absolute Gasteiger partial charge is 0.191 e. The van der Waals surface area contributed by atoms with E-state index in [1.54, 1.807) is 0 Å². The van der Waals surface area contributed by atoms with Crippen LogP contribution in [0.15, 0.2) is 4.99 Å². The lowest BCUT2D eigenvalue weighted by Crippen LogP contribution is -2.49. The van der Waals surface area contributed by atoms with E-state index in [2.05, 4.69) is 49.1 Å². The molecule has 2 aliphatic heterocycles. The molecule has 0 spiro atoms. The van der Waals surface area contributed by atoms with E-state index in [4.69, 9.17) is 0 Å². The molecule has 0 aromatic carbocycles. The van der Waals surface area contributed by atoms with Crippen LogP contribution >= 0.6 is 0 Å². The molecule has 0 bridgehead atoms. The predicted molar refractivity (Wildman–Crippen MR) is 96.0 cm³/mol. The van der Waals surface area contributed by atoms with Gasteiger partial charge in [0, 0.05) is 45.2 Å². The Balaban J connectivity index is 1.48. The number of likely N-dealkylation sites (tertiary alicyclic amines) is 1. The van der Waals surface area contributed by atoms with Crippen molar-refractivity contribution in [3.05, 3.63) is 11.6 Å². The van der Waals surface area contributed by atoms with E-state index in [0.29, 0.717) is 18.6 Å². The van der Waals surface area contributed by atoms with Crippen molar-refractivity contribution in [1.82, 2.24) is 30.3 Å². The quantitative estimate of drug-likeness (QED) is 0.639. The molecular formula is C17H31N7. The van der Waals surface area contributed by atoms with E-state index in [1.807, 2.05) is 7.05 Å². The highest BCUT2D eigenvalue weighted by Crippen LogP contribution is 2.14. The largest absolute Gasteiger partial charge is 0.354 e. The number of nitrogens with one attached hydrogen (secondary N) is 2. The first-order valence-electron chi connectivity index (χ1n) is 9.29. The highest BCUT2D eigenvalue weighted by molar-refractivity contribution is 5.79. The van der Waals surface area contributed by atoms with E-state index in [-0.39, 0.29) is 0 Å². The minimum absolute atomic E-state index is 0.499. The van der Waals surface area contributed by atoms with Gasteiger partial charge in [-0.3, -0.25) is 4.99 Å². The van der Waals surface area contributed by atoms with Gasteiger partial charge in [0.15, 0.2) is 11.8 Å². The number of aromatic nitrogens is 3. The second-order valence-electron chi connectivity index (χ2n) is 7.12. The van der Waals surface area contributed by atoms with E-state index < -0.39 is 0 Å². The Hall–Kier alpha value is -1.63. The van der Waals surface area contributed by atoms with Crippen LogP contribution in [0.5, 0.6) is 0 Å². The zero-order valence-corrected chi connectivity index (χ0v) is 15.3. The van der Waals surface area contributed by atoms with Crippen molar-refractivity contribution in [2.24, 2.45) is 4.99 Å². The Bertz CT molecular complexity index is 555. The molecule has 0 amide bonds. The van der Waals surface area contributed by atoms with Gasteiger partial charge >= 0.3 is 0 Å². The molecule has 1 aromatic heterocycles. The van der Waals surface area contributed by atoms with E-state index in [0.717, 1.165) is 43.7 Å². The summed E-state index contributed by atoms with van der Waals surface area (Å²) in [5.74, 6) is 3.01. The molecule has 0 radical (unpaired) electrons. The third-order valence-electron chi connectivity index (χ3n) is 5.17. The second-order valence-corrected chi connectivity index (χ2v) is 7.12. The highest BCUT2D eigenvalue weighted by atomic mass is 15.3. The van der Waals surface area contributed by atoms with Crippen LogP contribution in [-0.2, 0) is 19.5 Å². The number of rotatable bonds is 4. The number of nitrogens with zero attached hydrogens (tertiary/aromatic N) is 5. The highest BCUT2D eigenvalue weighted by Gasteiger charge is 2.22. The van der Waals surface area contributed by atoms with E-state index >= 15 is 0 Å². The Morgan fingerprint density at radius 2 is 2.00 bits per heavy atom. The Labute approximate surface area is 144 Å². The van der Waals surface area contributed by atoms with Gasteiger partial charge in [0.1, 0.15) is 5.82 Å². The number of hydrogen-bond acceptors (Lipinski definition) is 4. The number of piperidine rings is 1. The molecule has 24 heavy (non-hydrogen) atoms. The Morgan fingerprint density at radius 1 is 1.21 bits per heavy atom. The van der Waals surface area contributed by atoms with Crippen molar-refractivity contribution in [3.8, 4) is 0 Å². The summed E-state index contributed by atoms with van der Waals surface area (Å²) in [6.45, 7) is 8.57. The SMILES string of the molecule is CN=C(NCc1nnc2n1CCCC2)NC1CCN(C(C)C)CC1. The molecule has 0 unspecified atom stereocenters. The van der Waals surface area contributed by atoms with Crippen LogP contribution in [0.2, 0.25) is 0 Å². The Kier molecular flexibility index (Phi) is 5.71. The molecule has 1 aromatic rings. The molecule has 0 aliphatic carbocycles. The topological polar surface area (TPSA) is 70.4 Å². The van der Waals surface area contributed by atoms with E-state index in [9.17, 15) is 0 Å². The fraction of sp³-hybridized carbons (Fsp3) is 0.824. The van der Waals surface area contributed by atoms with Crippen molar-refractivity contribution < 1.29 is 0 Å². The summed E-state index contributed by atoms with van der Waals surface area (Å²) in [5, 5.41) is 15.6. The summed E-state index contributed by atoms with van der Waals surface area (Å²) in [5.41, 5.74) is 0. The van der Waals surface area contributed by atoms with Crippen molar-refractivity contribution >= 4 is 5.96 Å². The number of hydrogen-bond donors (Lipinski definition) is 2. The van der Waals surface area contributed by atoms with Crippen LogP contribution in [0.4, 0.5) is 0 Å². The van der Waals surface area contributed by atoms with Crippen molar-refractivity contribution in [2.75, 3.05) is 20.1 Å². The van der Waals surface area contributed by atoms with Gasteiger partial charge < -0.3 is 20.1 Å². The lowest BCUT2D eigenvalue weighted by Gasteiger charge is -2.35. The molecule has 0 atom stereocenters. The molecular weight excluding hydrogens is 302 g/mol. The fourth-order valence-electron chi connectivity index (χ4n) is 3.61. The lowest BCUT2D eigenvalue weighted by atomic mass is 10.0. The van der Waals surface area contributed by atoms with E-state index in [1.165, 1.54) is 25.7 Å². The van der Waals surface area contributed by atoms with Gasteiger partial charge in [-0.2, -0.15) is 0 Å². The predicted octanol–water partition coefficient (Wildman–Crippen LogP) is 1.15. The maximum atomic E-state index is 4.37. The number of aryl methyl sites for hydroxylation is 1. The molecule has 1 saturated heterocycles. The van der Waals surface area contributed by atoms with Gasteiger partial charge in [-0.15, -0.1) is 10.2 Å². The zero-order valence-electron chi connectivity index (χ0n) is 15.3. The first kappa shape index (κ1) is 17.2. The molecule has 134 valence electrons. The maximum Gasteiger partial charge on any atom is 0.191 e. The van der Waals surface area contributed by atoms with Gasteiger partial charge in [-0.05, 0) is 39.5 Å². The molecule has 3 heterocycles.